The number of anilines is 1. The van der Waals surface area contributed by atoms with Crippen LogP contribution in [0.15, 0.2) is 42.5 Å². The average Bonchev–Trinajstić information content (AvgIpc) is 2.94. The smallest absolute Gasteiger partial charge is 0.422 e. The van der Waals surface area contributed by atoms with Crippen molar-refractivity contribution in [3.05, 3.63) is 53.6 Å². The first kappa shape index (κ1) is 19.8. The maximum Gasteiger partial charge on any atom is 0.422 e. The fourth-order valence-electron chi connectivity index (χ4n) is 2.67. The van der Waals surface area contributed by atoms with E-state index in [0.717, 1.165) is 18.2 Å². The minimum Gasteiger partial charge on any atom is -0.484 e. The summed E-state index contributed by atoms with van der Waals surface area (Å²) in [6, 6.07) is 9.87. The number of ether oxygens (including phenoxy) is 2. The minimum atomic E-state index is -4.64. The fourth-order valence-corrected chi connectivity index (χ4v) is 2.67. The Kier molecular flexibility index (Phi) is 5.14. The normalized spacial score (nSPS) is 14.2. The van der Waals surface area contributed by atoms with Crippen molar-refractivity contribution in [2.75, 3.05) is 18.1 Å². The molecule has 0 aliphatic carbocycles. The predicted octanol–water partition coefficient (Wildman–Crippen LogP) is 4.73. The van der Waals surface area contributed by atoms with Crippen LogP contribution in [-0.2, 0) is 6.54 Å². The van der Waals surface area contributed by atoms with Crippen LogP contribution in [0.1, 0.15) is 15.9 Å². The Labute approximate surface area is 155 Å². The number of hydrogen-bond acceptors (Lipinski definition) is 3. The second-order valence-electron chi connectivity index (χ2n) is 6.02. The van der Waals surface area contributed by atoms with Gasteiger partial charge in [0.1, 0.15) is 11.5 Å². The third-order valence-corrected chi connectivity index (χ3v) is 3.80. The molecule has 2 aromatic rings. The molecule has 1 aliphatic rings. The van der Waals surface area contributed by atoms with Gasteiger partial charge in [-0.25, -0.2) is 0 Å². The van der Waals surface area contributed by atoms with E-state index in [-0.39, 0.29) is 23.7 Å². The molecule has 3 rings (SSSR count). The largest absolute Gasteiger partial charge is 0.484 e. The lowest BCUT2D eigenvalue weighted by Crippen LogP contribution is -2.24. The van der Waals surface area contributed by atoms with E-state index >= 15 is 0 Å². The van der Waals surface area contributed by atoms with E-state index in [1.807, 2.05) is 0 Å². The third-order valence-electron chi connectivity index (χ3n) is 3.80. The highest BCUT2D eigenvalue weighted by molar-refractivity contribution is 6.10. The molecule has 0 saturated carbocycles. The SMILES string of the molecule is O=C1c2ccccc2CN1c1cc(OCC(F)(F)F)cc(OCC(F)(F)F)c1. The Balaban J connectivity index is 1.90. The van der Waals surface area contributed by atoms with E-state index in [1.54, 1.807) is 24.3 Å². The highest BCUT2D eigenvalue weighted by Gasteiger charge is 2.32. The number of carbonyl (C=O) groups is 1. The van der Waals surface area contributed by atoms with E-state index in [2.05, 4.69) is 9.47 Å². The Hall–Kier alpha value is -2.91. The first-order valence-corrected chi connectivity index (χ1v) is 7.96. The Morgan fingerprint density at radius 3 is 1.89 bits per heavy atom. The summed E-state index contributed by atoms with van der Waals surface area (Å²) in [6.07, 6.45) is -9.27. The van der Waals surface area contributed by atoms with Crippen LogP contribution in [0.3, 0.4) is 0 Å². The molecule has 0 radical (unpaired) electrons. The van der Waals surface area contributed by atoms with Crippen molar-refractivity contribution in [3.8, 4) is 11.5 Å². The molecule has 0 aromatic heterocycles. The van der Waals surface area contributed by atoms with Gasteiger partial charge in [0.2, 0.25) is 0 Å². The van der Waals surface area contributed by atoms with Gasteiger partial charge < -0.3 is 14.4 Å². The lowest BCUT2D eigenvalue weighted by Gasteiger charge is -2.19. The molecule has 0 saturated heterocycles. The first-order valence-electron chi connectivity index (χ1n) is 7.96. The monoisotopic (exact) mass is 405 g/mol. The van der Waals surface area contributed by atoms with E-state index in [4.69, 9.17) is 0 Å². The molecule has 0 spiro atoms. The van der Waals surface area contributed by atoms with Crippen molar-refractivity contribution in [3.63, 3.8) is 0 Å². The minimum absolute atomic E-state index is 0.0676. The standard InChI is InChI=1S/C18H13F6NO3/c19-17(20,21)9-27-13-5-12(6-14(7-13)28-10-18(22,23)24)25-8-11-3-1-2-4-15(11)16(25)26/h1-7H,8-10H2. The van der Waals surface area contributed by atoms with Gasteiger partial charge in [-0.3, -0.25) is 4.79 Å². The number of benzene rings is 2. The van der Waals surface area contributed by atoms with Crippen LogP contribution < -0.4 is 14.4 Å². The van der Waals surface area contributed by atoms with E-state index < -0.39 is 31.5 Å². The van der Waals surface area contributed by atoms with Crippen LogP contribution in [0, 0.1) is 0 Å². The van der Waals surface area contributed by atoms with E-state index in [0.29, 0.717) is 11.1 Å². The van der Waals surface area contributed by atoms with Crippen molar-refractivity contribution in [1.29, 1.82) is 0 Å². The molecule has 0 N–H and O–H groups in total. The molecule has 1 heterocycles. The molecule has 0 bridgehead atoms. The van der Waals surface area contributed by atoms with Gasteiger partial charge in [-0.1, -0.05) is 18.2 Å². The molecular weight excluding hydrogens is 392 g/mol. The summed E-state index contributed by atoms with van der Waals surface area (Å²) in [5.41, 5.74) is 1.16. The Bertz CT molecular complexity index is 842. The second kappa shape index (κ2) is 7.25. The average molecular weight is 405 g/mol. The molecule has 1 aliphatic heterocycles. The lowest BCUT2D eigenvalue weighted by atomic mass is 10.1. The number of fused-ring (bicyclic) bond motifs is 1. The number of hydrogen-bond donors (Lipinski definition) is 0. The van der Waals surface area contributed by atoms with Gasteiger partial charge >= 0.3 is 12.4 Å². The van der Waals surface area contributed by atoms with Gasteiger partial charge in [-0.15, -0.1) is 0 Å². The molecule has 0 fully saturated rings. The van der Waals surface area contributed by atoms with E-state index in [9.17, 15) is 31.1 Å². The van der Waals surface area contributed by atoms with Gasteiger partial charge in [0.05, 0.1) is 12.2 Å². The van der Waals surface area contributed by atoms with Gasteiger partial charge in [0.15, 0.2) is 13.2 Å². The van der Waals surface area contributed by atoms with Crippen LogP contribution in [-0.4, -0.2) is 31.5 Å². The Morgan fingerprint density at radius 2 is 1.39 bits per heavy atom. The highest BCUT2D eigenvalue weighted by atomic mass is 19.4. The Morgan fingerprint density at radius 1 is 0.857 bits per heavy atom. The highest BCUT2D eigenvalue weighted by Crippen LogP contribution is 2.35. The zero-order valence-electron chi connectivity index (χ0n) is 14.1. The summed E-state index contributed by atoms with van der Waals surface area (Å²) >= 11 is 0. The van der Waals surface area contributed by atoms with Gasteiger partial charge in [-0.05, 0) is 11.6 Å². The maximum atomic E-state index is 12.5. The number of rotatable bonds is 5. The number of alkyl halides is 6. The van der Waals surface area contributed by atoms with Crippen molar-refractivity contribution in [2.45, 2.75) is 18.9 Å². The summed E-state index contributed by atoms with van der Waals surface area (Å²) in [7, 11) is 0. The van der Waals surface area contributed by atoms with Gasteiger partial charge in [-0.2, -0.15) is 26.3 Å². The van der Waals surface area contributed by atoms with Gasteiger partial charge in [0, 0.05) is 23.8 Å². The van der Waals surface area contributed by atoms with Crippen molar-refractivity contribution in [1.82, 2.24) is 0 Å². The predicted molar refractivity (Wildman–Crippen MR) is 86.5 cm³/mol. The second-order valence-corrected chi connectivity index (χ2v) is 6.02. The van der Waals surface area contributed by atoms with Crippen LogP contribution in [0.2, 0.25) is 0 Å². The molecule has 4 nitrogen and oxygen atoms in total. The number of nitrogens with zero attached hydrogens (tertiary/aromatic N) is 1. The summed E-state index contributed by atoms with van der Waals surface area (Å²) in [5.74, 6) is -1.16. The molecule has 150 valence electrons. The van der Waals surface area contributed by atoms with Crippen LogP contribution in [0.4, 0.5) is 32.0 Å². The number of halogens is 6. The summed E-state index contributed by atoms with van der Waals surface area (Å²) in [5, 5.41) is 0. The van der Waals surface area contributed by atoms with Crippen LogP contribution in [0.25, 0.3) is 0 Å². The maximum absolute atomic E-state index is 12.5. The van der Waals surface area contributed by atoms with Crippen molar-refractivity contribution in [2.24, 2.45) is 0 Å². The fraction of sp³-hybridized carbons (Fsp3) is 0.278. The topological polar surface area (TPSA) is 38.8 Å². The molecule has 0 unspecified atom stereocenters. The molecule has 10 heteroatoms. The van der Waals surface area contributed by atoms with Crippen LogP contribution >= 0.6 is 0 Å². The first-order chi connectivity index (χ1) is 13.0. The molecule has 28 heavy (non-hydrogen) atoms. The summed E-state index contributed by atoms with van der Waals surface area (Å²) in [4.78, 5) is 13.8. The van der Waals surface area contributed by atoms with Crippen LogP contribution in [0.5, 0.6) is 11.5 Å². The number of carbonyl (C=O) groups excluding carboxylic acids is 1. The molecule has 0 atom stereocenters. The summed E-state index contributed by atoms with van der Waals surface area (Å²) in [6.45, 7) is -3.15. The molecule has 2 aromatic carbocycles. The molecule has 1 amide bonds. The summed E-state index contributed by atoms with van der Waals surface area (Å²) < 4.78 is 83.8. The van der Waals surface area contributed by atoms with Crippen molar-refractivity contribution >= 4 is 11.6 Å². The van der Waals surface area contributed by atoms with Crippen molar-refractivity contribution < 1.29 is 40.6 Å². The lowest BCUT2D eigenvalue weighted by molar-refractivity contribution is -0.153. The number of amides is 1. The zero-order chi connectivity index (χ0) is 20.5. The van der Waals surface area contributed by atoms with Gasteiger partial charge in [0.25, 0.3) is 5.91 Å². The zero-order valence-corrected chi connectivity index (χ0v) is 14.1. The molecular formula is C18H13F6NO3. The third kappa shape index (κ3) is 4.87. The quantitative estimate of drug-likeness (QED) is 0.676. The van der Waals surface area contributed by atoms with E-state index in [1.165, 1.54) is 4.90 Å².